The van der Waals surface area contributed by atoms with Crippen molar-refractivity contribution in [2.75, 3.05) is 0 Å². The lowest BCUT2D eigenvalue weighted by Crippen LogP contribution is -2.48. The highest BCUT2D eigenvalue weighted by atomic mass is 79.9. The standard InChI is InChI=1S/C30H26Br2/c31-23-13-21(12-22(14-23)30-15-18-9-19(16-30)11-20(10-18)17-30)28-24-5-1-3-7-26(24)29(32)27-8-4-2-6-25(27)28/h1-8,12-14,18-20H,9-11,15-17H2. The van der Waals surface area contributed by atoms with E-state index in [4.69, 9.17) is 0 Å². The van der Waals surface area contributed by atoms with Gasteiger partial charge in [-0.05, 0) is 128 Å². The molecule has 0 atom stereocenters. The minimum Gasteiger partial charge on any atom is -0.0616 e. The average Bonchev–Trinajstić information content (AvgIpc) is 2.78. The van der Waals surface area contributed by atoms with Gasteiger partial charge in [0.05, 0.1) is 0 Å². The summed E-state index contributed by atoms with van der Waals surface area (Å²) in [6.07, 6.45) is 8.66. The lowest BCUT2D eigenvalue weighted by molar-refractivity contribution is -0.00519. The van der Waals surface area contributed by atoms with Crippen LogP contribution in [-0.2, 0) is 5.41 Å². The summed E-state index contributed by atoms with van der Waals surface area (Å²) < 4.78 is 2.42. The molecule has 0 amide bonds. The summed E-state index contributed by atoms with van der Waals surface area (Å²) in [4.78, 5) is 0. The topological polar surface area (TPSA) is 0 Å². The molecule has 2 heteroatoms. The maximum atomic E-state index is 3.92. The first kappa shape index (κ1) is 19.8. The molecule has 160 valence electrons. The van der Waals surface area contributed by atoms with Gasteiger partial charge in [0, 0.05) is 8.95 Å². The Balaban J connectivity index is 1.49. The Morgan fingerprint density at radius 2 is 1.12 bits per heavy atom. The van der Waals surface area contributed by atoms with E-state index in [-0.39, 0.29) is 0 Å². The second-order valence-corrected chi connectivity index (χ2v) is 12.4. The van der Waals surface area contributed by atoms with Gasteiger partial charge in [0.1, 0.15) is 0 Å². The molecule has 0 radical (unpaired) electrons. The summed E-state index contributed by atoms with van der Waals surface area (Å²) in [5.41, 5.74) is 4.70. The Bertz CT molecular complexity index is 1290. The summed E-state index contributed by atoms with van der Waals surface area (Å²) in [6.45, 7) is 0. The third-order valence-electron chi connectivity index (χ3n) is 8.70. The molecule has 0 spiro atoms. The fourth-order valence-electron chi connectivity index (χ4n) is 7.89. The number of benzene rings is 4. The molecule has 0 nitrogen and oxygen atoms in total. The molecule has 0 saturated heterocycles. The van der Waals surface area contributed by atoms with Gasteiger partial charge in [0.15, 0.2) is 0 Å². The first-order valence-electron chi connectivity index (χ1n) is 12.0. The lowest BCUT2D eigenvalue weighted by Gasteiger charge is -2.57. The van der Waals surface area contributed by atoms with Gasteiger partial charge in [0.25, 0.3) is 0 Å². The maximum Gasteiger partial charge on any atom is 0.0332 e. The van der Waals surface area contributed by atoms with Crippen molar-refractivity contribution in [1.82, 2.24) is 0 Å². The Labute approximate surface area is 206 Å². The first-order valence-corrected chi connectivity index (χ1v) is 13.6. The van der Waals surface area contributed by atoms with Crippen LogP contribution in [0.1, 0.15) is 44.1 Å². The zero-order valence-corrected chi connectivity index (χ0v) is 21.3. The molecule has 4 fully saturated rings. The second kappa shape index (κ2) is 7.18. The lowest BCUT2D eigenvalue weighted by atomic mass is 9.48. The zero-order valence-electron chi connectivity index (χ0n) is 18.1. The van der Waals surface area contributed by atoms with Crippen molar-refractivity contribution >= 4 is 53.4 Å². The van der Waals surface area contributed by atoms with Crippen LogP contribution in [-0.4, -0.2) is 0 Å². The molecule has 4 saturated carbocycles. The van der Waals surface area contributed by atoms with Gasteiger partial charge >= 0.3 is 0 Å². The highest BCUT2D eigenvalue weighted by molar-refractivity contribution is 9.11. The Morgan fingerprint density at radius 1 is 0.625 bits per heavy atom. The molecule has 4 aliphatic carbocycles. The Morgan fingerprint density at radius 3 is 1.66 bits per heavy atom. The Hall–Kier alpha value is -1.64. The molecule has 0 N–H and O–H groups in total. The molecule has 4 aromatic carbocycles. The van der Waals surface area contributed by atoms with Crippen LogP contribution in [0.5, 0.6) is 0 Å². The Kier molecular flexibility index (Phi) is 4.44. The van der Waals surface area contributed by atoms with Gasteiger partial charge in [-0.2, -0.15) is 0 Å². The molecule has 32 heavy (non-hydrogen) atoms. The number of hydrogen-bond donors (Lipinski definition) is 0. The molecule has 0 heterocycles. The summed E-state index contributed by atoms with van der Waals surface area (Å²) in [5.74, 6) is 2.87. The van der Waals surface area contributed by atoms with Crippen molar-refractivity contribution in [3.8, 4) is 11.1 Å². The van der Waals surface area contributed by atoms with Gasteiger partial charge in [-0.25, -0.2) is 0 Å². The molecule has 0 aromatic heterocycles. The molecule has 0 aliphatic heterocycles. The van der Waals surface area contributed by atoms with Crippen LogP contribution < -0.4 is 0 Å². The summed E-state index contributed by atoms with van der Waals surface area (Å²) >= 11 is 7.84. The smallest absolute Gasteiger partial charge is 0.0332 e. The van der Waals surface area contributed by atoms with Gasteiger partial charge in [-0.3, -0.25) is 0 Å². The monoisotopic (exact) mass is 544 g/mol. The molecule has 4 aliphatic rings. The first-order chi connectivity index (χ1) is 15.6. The van der Waals surface area contributed by atoms with Crippen LogP contribution in [0.2, 0.25) is 0 Å². The van der Waals surface area contributed by atoms with Crippen molar-refractivity contribution in [1.29, 1.82) is 0 Å². The van der Waals surface area contributed by atoms with Crippen molar-refractivity contribution < 1.29 is 0 Å². The summed E-state index contributed by atoms with van der Waals surface area (Å²) in [7, 11) is 0. The van der Waals surface area contributed by atoms with E-state index in [0.717, 1.165) is 17.8 Å². The van der Waals surface area contributed by atoms with E-state index >= 15 is 0 Å². The van der Waals surface area contributed by atoms with Crippen molar-refractivity contribution in [2.45, 2.75) is 43.9 Å². The quantitative estimate of drug-likeness (QED) is 0.220. The molecule has 4 aromatic rings. The fourth-order valence-corrected chi connectivity index (χ4v) is 9.08. The van der Waals surface area contributed by atoms with Crippen LogP contribution in [0.3, 0.4) is 0 Å². The van der Waals surface area contributed by atoms with E-state index in [9.17, 15) is 0 Å². The molecule has 8 rings (SSSR count). The normalized spacial score (nSPS) is 28.6. The zero-order chi connectivity index (χ0) is 21.4. The largest absolute Gasteiger partial charge is 0.0616 e. The van der Waals surface area contributed by atoms with E-state index in [1.807, 2.05) is 0 Å². The van der Waals surface area contributed by atoms with E-state index < -0.39 is 0 Å². The number of rotatable bonds is 2. The fraction of sp³-hybridized carbons (Fsp3) is 0.333. The molecule has 4 bridgehead atoms. The predicted octanol–water partition coefficient (Wildman–Crippen LogP) is 9.65. The number of fused-ring (bicyclic) bond motifs is 2. The minimum absolute atomic E-state index is 0.397. The van der Waals surface area contributed by atoms with Crippen molar-refractivity contribution in [3.63, 3.8) is 0 Å². The number of halogens is 2. The molecule has 0 unspecified atom stereocenters. The average molecular weight is 546 g/mol. The minimum atomic E-state index is 0.397. The third kappa shape index (κ3) is 2.91. The van der Waals surface area contributed by atoms with Crippen molar-refractivity contribution in [2.24, 2.45) is 17.8 Å². The van der Waals surface area contributed by atoms with Crippen LogP contribution >= 0.6 is 31.9 Å². The van der Waals surface area contributed by atoms with Crippen molar-refractivity contribution in [3.05, 3.63) is 81.2 Å². The molecular formula is C30H26Br2. The van der Waals surface area contributed by atoms with Gasteiger partial charge in [0.2, 0.25) is 0 Å². The van der Waals surface area contributed by atoms with E-state index in [0.29, 0.717) is 5.41 Å². The van der Waals surface area contributed by atoms with Gasteiger partial charge in [-0.1, -0.05) is 70.5 Å². The van der Waals surface area contributed by atoms with Crippen LogP contribution in [0.15, 0.2) is 75.7 Å². The maximum absolute atomic E-state index is 3.92. The third-order valence-corrected chi connectivity index (χ3v) is 10.0. The van der Waals surface area contributed by atoms with Crippen LogP contribution in [0.4, 0.5) is 0 Å². The number of hydrogen-bond acceptors (Lipinski definition) is 0. The van der Waals surface area contributed by atoms with Crippen LogP contribution in [0, 0.1) is 17.8 Å². The highest BCUT2D eigenvalue weighted by Gasteiger charge is 2.51. The van der Waals surface area contributed by atoms with E-state index in [2.05, 4.69) is 98.6 Å². The highest BCUT2D eigenvalue weighted by Crippen LogP contribution is 2.61. The summed E-state index contributed by atoms with van der Waals surface area (Å²) in [6, 6.07) is 25.0. The molecular weight excluding hydrogens is 520 g/mol. The summed E-state index contributed by atoms with van der Waals surface area (Å²) in [5, 5.41) is 5.23. The van der Waals surface area contributed by atoms with E-state index in [1.54, 1.807) is 5.56 Å². The van der Waals surface area contributed by atoms with Gasteiger partial charge in [-0.15, -0.1) is 0 Å². The predicted molar refractivity (Wildman–Crippen MR) is 142 cm³/mol. The SMILES string of the molecule is Brc1cc(-c2c3ccccc3c(Br)c3ccccc23)cc(C23CC4CC(CC(C4)C2)C3)c1. The van der Waals surface area contributed by atoms with Gasteiger partial charge < -0.3 is 0 Å². The second-order valence-electron chi connectivity index (χ2n) is 10.7. The van der Waals surface area contributed by atoms with Crippen LogP contribution in [0.25, 0.3) is 32.7 Å². The van der Waals surface area contributed by atoms with E-state index in [1.165, 1.54) is 80.1 Å².